The molecular weight excluding hydrogens is 437 g/mol. The first-order valence-electron chi connectivity index (χ1n) is 10.4. The van der Waals surface area contributed by atoms with E-state index >= 15 is 0 Å². The number of nitrogens with one attached hydrogen (secondary N) is 1. The van der Waals surface area contributed by atoms with Crippen molar-refractivity contribution in [1.82, 2.24) is 0 Å². The molecule has 7 heteroatoms. The summed E-state index contributed by atoms with van der Waals surface area (Å²) in [6.07, 6.45) is 6.74. The second-order valence-electron chi connectivity index (χ2n) is 7.11. The number of hydrogen-bond acceptors (Lipinski definition) is 6. The van der Waals surface area contributed by atoms with Crippen molar-refractivity contribution >= 4 is 23.6 Å². The molecule has 0 aliphatic heterocycles. The predicted octanol–water partition coefficient (Wildman–Crippen LogP) is 5.84. The van der Waals surface area contributed by atoms with E-state index in [1.165, 1.54) is 31.5 Å². The highest BCUT2D eigenvalue weighted by molar-refractivity contribution is 6.04. The third-order valence-corrected chi connectivity index (χ3v) is 4.96. The maximum absolute atomic E-state index is 13.8. The lowest BCUT2D eigenvalue weighted by molar-refractivity contribution is 0.104. The lowest BCUT2D eigenvalue weighted by atomic mass is 10.1. The zero-order valence-electron chi connectivity index (χ0n) is 19.4. The number of ether oxygens (including phenoxy) is 4. The van der Waals surface area contributed by atoms with Crippen LogP contribution in [0, 0.1) is 5.82 Å². The van der Waals surface area contributed by atoms with Gasteiger partial charge in [0.2, 0.25) is 5.75 Å². The van der Waals surface area contributed by atoms with Gasteiger partial charge in [0, 0.05) is 23.5 Å². The van der Waals surface area contributed by atoms with Gasteiger partial charge in [-0.15, -0.1) is 0 Å². The minimum atomic E-state index is -0.582. The van der Waals surface area contributed by atoms with Crippen molar-refractivity contribution in [3.63, 3.8) is 0 Å². The summed E-state index contributed by atoms with van der Waals surface area (Å²) >= 11 is 0. The highest BCUT2D eigenvalue weighted by Gasteiger charge is 2.12. The van der Waals surface area contributed by atoms with Crippen molar-refractivity contribution in [2.45, 2.75) is 0 Å². The number of methoxy groups -OCH3 is 4. The Morgan fingerprint density at radius 1 is 0.794 bits per heavy atom. The van der Waals surface area contributed by atoms with E-state index in [4.69, 9.17) is 18.9 Å². The van der Waals surface area contributed by atoms with Gasteiger partial charge in [0.1, 0.15) is 0 Å². The van der Waals surface area contributed by atoms with Crippen LogP contribution in [0.4, 0.5) is 10.1 Å². The molecule has 0 heterocycles. The minimum absolute atomic E-state index is 0.0926. The molecule has 0 aliphatic rings. The van der Waals surface area contributed by atoms with Crippen molar-refractivity contribution in [2.75, 3.05) is 33.8 Å². The Kier molecular flexibility index (Phi) is 8.29. The topological polar surface area (TPSA) is 66.0 Å². The van der Waals surface area contributed by atoms with Crippen LogP contribution in [0.15, 0.2) is 66.9 Å². The van der Waals surface area contributed by atoms with E-state index in [9.17, 15) is 9.18 Å². The molecule has 1 N–H and O–H groups in total. The van der Waals surface area contributed by atoms with Crippen LogP contribution < -0.4 is 24.3 Å². The fourth-order valence-corrected chi connectivity index (χ4v) is 3.25. The van der Waals surface area contributed by atoms with Gasteiger partial charge in [-0.2, -0.15) is 0 Å². The van der Waals surface area contributed by atoms with Crippen LogP contribution >= 0.6 is 0 Å². The van der Waals surface area contributed by atoms with Crippen molar-refractivity contribution in [3.8, 4) is 23.0 Å². The molecule has 0 saturated heterocycles. The first-order chi connectivity index (χ1) is 16.5. The number of halogens is 1. The van der Waals surface area contributed by atoms with Crippen LogP contribution in [0.1, 0.15) is 21.5 Å². The second kappa shape index (κ2) is 11.6. The summed E-state index contributed by atoms with van der Waals surface area (Å²) < 4.78 is 34.8. The summed E-state index contributed by atoms with van der Waals surface area (Å²) in [5.74, 6) is 0.864. The molecule has 0 aromatic heterocycles. The van der Waals surface area contributed by atoms with Crippen LogP contribution in [0.25, 0.3) is 12.2 Å². The fraction of sp³-hybridized carbons (Fsp3) is 0.148. The molecule has 0 amide bonds. The van der Waals surface area contributed by atoms with Gasteiger partial charge in [-0.3, -0.25) is 4.79 Å². The Labute approximate surface area is 198 Å². The molecule has 0 fully saturated rings. The highest BCUT2D eigenvalue weighted by Crippen LogP contribution is 2.38. The number of rotatable bonds is 10. The molecule has 176 valence electrons. The van der Waals surface area contributed by atoms with E-state index in [0.29, 0.717) is 17.2 Å². The van der Waals surface area contributed by atoms with Crippen LogP contribution in [0.2, 0.25) is 0 Å². The Bertz CT molecular complexity index is 1190. The lowest BCUT2D eigenvalue weighted by Crippen LogP contribution is -1.98. The fourth-order valence-electron chi connectivity index (χ4n) is 3.25. The second-order valence-corrected chi connectivity index (χ2v) is 7.11. The molecule has 3 aromatic carbocycles. The highest BCUT2D eigenvalue weighted by atomic mass is 19.1. The first kappa shape index (κ1) is 24.4. The van der Waals surface area contributed by atoms with Crippen LogP contribution in [-0.2, 0) is 0 Å². The predicted molar refractivity (Wildman–Crippen MR) is 132 cm³/mol. The number of benzene rings is 3. The Hall–Kier alpha value is -4.26. The molecule has 3 rings (SSSR count). The zero-order chi connectivity index (χ0) is 24.5. The van der Waals surface area contributed by atoms with Crippen molar-refractivity contribution < 1.29 is 28.1 Å². The number of hydrogen-bond donors (Lipinski definition) is 1. The number of allylic oxidation sites excluding steroid dienone is 1. The maximum atomic E-state index is 13.8. The van der Waals surface area contributed by atoms with Crippen LogP contribution in [0.3, 0.4) is 0 Å². The molecule has 0 unspecified atom stereocenters. The Morgan fingerprint density at radius 2 is 1.47 bits per heavy atom. The Balaban J connectivity index is 1.70. The molecular formula is C27H26FNO5. The lowest BCUT2D eigenvalue weighted by Gasteiger charge is -2.12. The normalized spacial score (nSPS) is 11.0. The molecule has 0 saturated carbocycles. The molecule has 0 radical (unpaired) electrons. The van der Waals surface area contributed by atoms with E-state index in [0.717, 1.165) is 22.9 Å². The van der Waals surface area contributed by atoms with E-state index in [1.54, 1.807) is 21.3 Å². The number of carbonyl (C=O) groups is 1. The largest absolute Gasteiger partial charge is 0.494 e. The molecule has 34 heavy (non-hydrogen) atoms. The summed E-state index contributed by atoms with van der Waals surface area (Å²) in [4.78, 5) is 12.3. The number of ketones is 1. The summed E-state index contributed by atoms with van der Waals surface area (Å²) in [5, 5.41) is 3.06. The quantitative estimate of drug-likeness (QED) is 0.232. The summed E-state index contributed by atoms with van der Waals surface area (Å²) in [6.45, 7) is 0. The van der Waals surface area contributed by atoms with Gasteiger partial charge in [-0.25, -0.2) is 4.39 Å². The van der Waals surface area contributed by atoms with Gasteiger partial charge in [-0.05, 0) is 53.6 Å². The molecule has 0 spiro atoms. The smallest absolute Gasteiger partial charge is 0.203 e. The van der Waals surface area contributed by atoms with E-state index < -0.39 is 5.82 Å². The monoisotopic (exact) mass is 463 g/mol. The number of anilines is 1. The molecule has 0 atom stereocenters. The van der Waals surface area contributed by atoms with Gasteiger partial charge in [0.25, 0.3) is 0 Å². The van der Waals surface area contributed by atoms with Gasteiger partial charge in [0.05, 0.1) is 28.4 Å². The molecule has 3 aromatic rings. The maximum Gasteiger partial charge on any atom is 0.203 e. The van der Waals surface area contributed by atoms with Crippen LogP contribution in [0.5, 0.6) is 23.0 Å². The first-order valence-corrected chi connectivity index (χ1v) is 10.4. The Morgan fingerprint density at radius 3 is 2.09 bits per heavy atom. The average Bonchev–Trinajstić information content (AvgIpc) is 2.86. The third kappa shape index (κ3) is 5.95. The zero-order valence-corrected chi connectivity index (χ0v) is 19.4. The SMILES string of the molecule is COc1ccc(C(=O)/C=C\Nc2cccc(/C=C/c3cc(OC)c(OC)c(OC)c3)c2)cc1F. The van der Waals surface area contributed by atoms with Gasteiger partial charge in [-0.1, -0.05) is 24.3 Å². The van der Waals surface area contributed by atoms with Crippen molar-refractivity contribution in [1.29, 1.82) is 0 Å². The van der Waals surface area contributed by atoms with E-state index in [-0.39, 0.29) is 17.1 Å². The molecule has 0 bridgehead atoms. The van der Waals surface area contributed by atoms with E-state index in [1.807, 2.05) is 48.6 Å². The summed E-state index contributed by atoms with van der Waals surface area (Å²) in [7, 11) is 6.08. The summed E-state index contributed by atoms with van der Waals surface area (Å²) in [6, 6.07) is 15.5. The van der Waals surface area contributed by atoms with E-state index in [2.05, 4.69) is 5.32 Å². The average molecular weight is 464 g/mol. The number of carbonyl (C=O) groups excluding carboxylic acids is 1. The van der Waals surface area contributed by atoms with Crippen LogP contribution in [-0.4, -0.2) is 34.2 Å². The molecule has 6 nitrogen and oxygen atoms in total. The van der Waals surface area contributed by atoms with Crippen molar-refractivity contribution in [3.05, 3.63) is 89.4 Å². The van der Waals surface area contributed by atoms with Gasteiger partial charge in [0.15, 0.2) is 28.8 Å². The summed E-state index contributed by atoms with van der Waals surface area (Å²) in [5.41, 5.74) is 2.84. The molecule has 0 aliphatic carbocycles. The minimum Gasteiger partial charge on any atom is -0.494 e. The van der Waals surface area contributed by atoms with Gasteiger partial charge >= 0.3 is 0 Å². The standard InChI is InChI=1S/C27H26FNO5/c1-31-24-11-10-20(17-22(24)28)23(30)12-13-29-21-7-5-6-18(14-21)8-9-19-15-25(32-2)27(34-4)26(16-19)33-3/h5-17,29H,1-4H3/b9-8+,13-12-. The third-order valence-electron chi connectivity index (χ3n) is 4.96. The van der Waals surface area contributed by atoms with Gasteiger partial charge < -0.3 is 24.3 Å². The van der Waals surface area contributed by atoms with Crippen molar-refractivity contribution in [2.24, 2.45) is 0 Å².